The molecule has 6 heavy (non-hydrogen) atoms. The molecule has 0 aliphatic carbocycles. The van der Waals surface area contributed by atoms with Gasteiger partial charge in [0.25, 0.3) is 0 Å². The zero-order chi connectivity index (χ0) is 3.58. The third kappa shape index (κ3) is 60.9. The monoisotopic (exact) mass is 160 g/mol. The molecule has 0 rings (SSSR count). The maximum absolute atomic E-state index is 3.64. The fourth-order valence-corrected chi connectivity index (χ4v) is 0. The predicted octanol–water partition coefficient (Wildman–Crippen LogP) is -1.90. The maximum Gasteiger partial charge on any atom is 2.00 e. The fourth-order valence-electron chi connectivity index (χ4n) is 0. The second-order valence-corrected chi connectivity index (χ2v) is 1.39. The van der Waals surface area contributed by atoms with Crippen molar-refractivity contribution in [1.82, 2.24) is 0 Å². The first-order valence-corrected chi connectivity index (χ1v) is 1.56. The number of hydrogen-bond acceptors (Lipinski definition) is 0. The van der Waals surface area contributed by atoms with Gasteiger partial charge in [-0.25, -0.2) is 0 Å². The van der Waals surface area contributed by atoms with Gasteiger partial charge in [0.15, 0.2) is 0 Å². The van der Waals surface area contributed by atoms with Gasteiger partial charge in [-0.15, -0.1) is 0 Å². The Balaban J connectivity index is -0.0000000450. The van der Waals surface area contributed by atoms with E-state index in [1.165, 1.54) is 0 Å². The van der Waals surface area contributed by atoms with E-state index < -0.39 is 0 Å². The van der Waals surface area contributed by atoms with Crippen LogP contribution in [0.15, 0.2) is 0 Å². The van der Waals surface area contributed by atoms with E-state index in [-0.39, 0.29) is 40.0 Å². The molecule has 0 fully saturated rings. The maximum atomic E-state index is 3.64. The Bertz CT molecular complexity index is 12.3. The van der Waals surface area contributed by atoms with Crippen LogP contribution >= 0.6 is 0 Å². The van der Waals surface area contributed by atoms with Crippen molar-refractivity contribution < 1.29 is 17.0 Å². The Labute approximate surface area is 66.6 Å². The summed E-state index contributed by atoms with van der Waals surface area (Å²) in [5.74, 6) is 0.583. The van der Waals surface area contributed by atoms with Crippen LogP contribution in [0, 0.1) is 12.8 Å². The van der Waals surface area contributed by atoms with Gasteiger partial charge in [-0.1, -0.05) is 13.8 Å². The number of halogens is 1. The summed E-state index contributed by atoms with van der Waals surface area (Å²) in [4.78, 5) is 0. The van der Waals surface area contributed by atoms with Crippen LogP contribution in [-0.2, 0) is 0 Å². The zero-order valence-electron chi connectivity index (χ0n) is 4.37. The fraction of sp³-hybridized carbons (Fsp3) is 0.750. The van der Waals surface area contributed by atoms with Crippen molar-refractivity contribution >= 4 is 23.1 Å². The summed E-state index contributed by atoms with van der Waals surface area (Å²) in [7, 11) is 0. The van der Waals surface area contributed by atoms with Crippen LogP contribution in [0.2, 0.25) is 0 Å². The summed E-state index contributed by atoms with van der Waals surface area (Å²) >= 11 is 0. The van der Waals surface area contributed by atoms with Crippen LogP contribution in [0.3, 0.4) is 0 Å². The van der Waals surface area contributed by atoms with E-state index in [0.29, 0.717) is 5.92 Å². The molecule has 0 heterocycles. The molecule has 0 bridgehead atoms. The molecule has 0 nitrogen and oxygen atoms in total. The zero-order valence-corrected chi connectivity index (χ0v) is 7.37. The Morgan fingerprint density at radius 3 is 1.33 bits per heavy atom. The topological polar surface area (TPSA) is 0 Å². The first-order chi connectivity index (χ1) is 1.73. The van der Waals surface area contributed by atoms with E-state index in [1.807, 2.05) is 0 Å². The van der Waals surface area contributed by atoms with Gasteiger partial charge in [0.1, 0.15) is 0 Å². The van der Waals surface area contributed by atoms with Crippen LogP contribution in [0.5, 0.6) is 0 Å². The second-order valence-electron chi connectivity index (χ2n) is 1.39. The summed E-state index contributed by atoms with van der Waals surface area (Å²) < 4.78 is 0. The van der Waals surface area contributed by atoms with Crippen LogP contribution in [0.1, 0.15) is 13.8 Å². The summed E-state index contributed by atoms with van der Waals surface area (Å²) in [6.45, 7) is 7.75. The molecule has 0 N–H and O–H groups in total. The van der Waals surface area contributed by atoms with Crippen molar-refractivity contribution in [3.05, 3.63) is 6.92 Å². The molecule has 0 saturated carbocycles. The Morgan fingerprint density at radius 1 is 1.33 bits per heavy atom. The molecular weight excluding hydrogens is 152 g/mol. The molecular formula is C4H9BrMg. The molecule has 0 aromatic rings. The van der Waals surface area contributed by atoms with Gasteiger partial charge < -0.3 is 23.9 Å². The molecule has 0 amide bonds. The smallest absolute Gasteiger partial charge is 1.00 e. The third-order valence-corrected chi connectivity index (χ3v) is 0. The molecule has 0 aliphatic rings. The second kappa shape index (κ2) is 9.53. The molecule has 2 heteroatoms. The summed E-state index contributed by atoms with van der Waals surface area (Å²) in [5.41, 5.74) is 0. The predicted molar refractivity (Wildman–Crippen MR) is 25.9 cm³/mol. The van der Waals surface area contributed by atoms with Gasteiger partial charge in [0.05, 0.1) is 0 Å². The molecule has 34 valence electrons. The van der Waals surface area contributed by atoms with Crippen molar-refractivity contribution in [3.8, 4) is 0 Å². The molecule has 0 aromatic carbocycles. The van der Waals surface area contributed by atoms with E-state index in [0.717, 1.165) is 0 Å². The Morgan fingerprint density at radius 2 is 1.33 bits per heavy atom. The largest absolute Gasteiger partial charge is 2.00 e. The van der Waals surface area contributed by atoms with Gasteiger partial charge in [-0.05, 0) is 0 Å². The minimum Gasteiger partial charge on any atom is -1.00 e. The van der Waals surface area contributed by atoms with E-state index in [2.05, 4.69) is 20.8 Å². The summed E-state index contributed by atoms with van der Waals surface area (Å²) in [6, 6.07) is 0. The molecule has 0 spiro atoms. The third-order valence-electron chi connectivity index (χ3n) is 0. The van der Waals surface area contributed by atoms with Crippen molar-refractivity contribution in [2.45, 2.75) is 13.8 Å². The van der Waals surface area contributed by atoms with E-state index in [9.17, 15) is 0 Å². The first kappa shape index (κ1) is 15.7. The number of hydrogen-bond donors (Lipinski definition) is 0. The quantitative estimate of drug-likeness (QED) is 0.288. The van der Waals surface area contributed by atoms with Crippen LogP contribution in [-0.4, -0.2) is 23.1 Å². The molecule has 0 unspecified atom stereocenters. The van der Waals surface area contributed by atoms with Crippen molar-refractivity contribution in [2.75, 3.05) is 0 Å². The van der Waals surface area contributed by atoms with Gasteiger partial charge >= 0.3 is 23.1 Å². The van der Waals surface area contributed by atoms with Gasteiger partial charge in [0, 0.05) is 0 Å². The minimum atomic E-state index is 0. The molecule has 0 atom stereocenters. The summed E-state index contributed by atoms with van der Waals surface area (Å²) in [6.07, 6.45) is 0. The van der Waals surface area contributed by atoms with Gasteiger partial charge in [-0.3, -0.25) is 0 Å². The molecule has 0 radical (unpaired) electrons. The van der Waals surface area contributed by atoms with Crippen LogP contribution < -0.4 is 17.0 Å². The Kier molecular flexibility index (Phi) is 24.9. The van der Waals surface area contributed by atoms with Crippen LogP contribution in [0.4, 0.5) is 0 Å². The molecule has 0 aromatic heterocycles. The Hall–Kier alpha value is 1.25. The minimum absolute atomic E-state index is 0. The van der Waals surface area contributed by atoms with Crippen LogP contribution in [0.25, 0.3) is 0 Å². The van der Waals surface area contributed by atoms with Crippen molar-refractivity contribution in [1.29, 1.82) is 0 Å². The SMILES string of the molecule is [Br-].[CH2-]C(C)C.[Mg+2]. The average Bonchev–Trinajstić information content (AvgIpc) is 0.811. The van der Waals surface area contributed by atoms with Crippen molar-refractivity contribution in [2.24, 2.45) is 5.92 Å². The standard InChI is InChI=1S/C4H9.BrH.Mg/c1-4(2)3;;/h4H,1H2,2-3H3;1H;/q-1;;+2/p-1. The van der Waals surface area contributed by atoms with Gasteiger partial charge in [0.2, 0.25) is 0 Å². The van der Waals surface area contributed by atoms with E-state index >= 15 is 0 Å². The first-order valence-electron chi connectivity index (χ1n) is 1.56. The normalized spacial score (nSPS) is 6.00. The average molecular weight is 161 g/mol. The summed E-state index contributed by atoms with van der Waals surface area (Å²) in [5, 5.41) is 0. The van der Waals surface area contributed by atoms with Gasteiger partial charge in [-0.2, -0.15) is 5.92 Å². The van der Waals surface area contributed by atoms with Crippen molar-refractivity contribution in [3.63, 3.8) is 0 Å². The number of rotatable bonds is 0. The molecule has 0 aliphatic heterocycles. The van der Waals surface area contributed by atoms with E-state index in [4.69, 9.17) is 0 Å². The van der Waals surface area contributed by atoms with E-state index in [1.54, 1.807) is 0 Å². The molecule has 0 saturated heterocycles.